The van der Waals surface area contributed by atoms with E-state index in [1.165, 1.54) is 17.1 Å². The molecule has 0 atom stereocenters. The van der Waals surface area contributed by atoms with Gasteiger partial charge in [-0.1, -0.05) is 53.6 Å². The van der Waals surface area contributed by atoms with Crippen LogP contribution in [0.1, 0.15) is 23.1 Å². The number of nitrogens with zero attached hydrogens (tertiary/aromatic N) is 2. The first-order valence-corrected chi connectivity index (χ1v) is 12.6. The van der Waals surface area contributed by atoms with Gasteiger partial charge in [-0.15, -0.1) is 11.3 Å². The Morgan fingerprint density at radius 1 is 1.12 bits per heavy atom. The third-order valence-corrected chi connectivity index (χ3v) is 8.40. The number of hydrazone groups is 1. The molecule has 6 nitrogen and oxygen atoms in total. The van der Waals surface area contributed by atoms with Crippen LogP contribution in [0.4, 0.5) is 5.69 Å². The highest BCUT2D eigenvalue weighted by atomic mass is 35.5. The zero-order chi connectivity index (χ0) is 22.9. The van der Waals surface area contributed by atoms with Gasteiger partial charge in [-0.3, -0.25) is 9.59 Å². The van der Waals surface area contributed by atoms with Crippen molar-refractivity contribution in [2.45, 2.75) is 24.0 Å². The van der Waals surface area contributed by atoms with E-state index >= 15 is 0 Å². The molecule has 0 aliphatic carbocycles. The summed E-state index contributed by atoms with van der Waals surface area (Å²) in [7, 11) is -3.71. The van der Waals surface area contributed by atoms with E-state index in [0.717, 1.165) is 22.5 Å². The number of sulfone groups is 1. The van der Waals surface area contributed by atoms with Crippen LogP contribution in [-0.4, -0.2) is 31.6 Å². The first-order chi connectivity index (χ1) is 15.2. The molecule has 0 saturated heterocycles. The SMILES string of the molecule is Cc1cccc(C2=NN(c3ccc(CC(=O)CS(=O)(=O)c4ccc(Cl)s4)cc3)C(=O)C2)c1. The Bertz CT molecular complexity index is 1330. The maximum atomic E-state index is 12.5. The maximum absolute atomic E-state index is 12.5. The summed E-state index contributed by atoms with van der Waals surface area (Å²) >= 11 is 6.73. The van der Waals surface area contributed by atoms with Gasteiger partial charge in [-0.05, 0) is 42.3 Å². The number of hydrogen-bond donors (Lipinski definition) is 0. The van der Waals surface area contributed by atoms with Crippen molar-refractivity contribution in [1.29, 1.82) is 0 Å². The van der Waals surface area contributed by atoms with E-state index in [1.807, 2.05) is 31.2 Å². The van der Waals surface area contributed by atoms with Gasteiger partial charge in [0.1, 0.15) is 9.96 Å². The van der Waals surface area contributed by atoms with Gasteiger partial charge in [-0.2, -0.15) is 5.10 Å². The summed E-state index contributed by atoms with van der Waals surface area (Å²) in [6.45, 7) is 1.99. The monoisotopic (exact) mass is 486 g/mol. The minimum absolute atomic E-state index is 0.0234. The molecule has 0 spiro atoms. The Labute approximate surface area is 195 Å². The minimum atomic E-state index is -3.71. The minimum Gasteiger partial charge on any atom is -0.298 e. The smallest absolute Gasteiger partial charge is 0.253 e. The van der Waals surface area contributed by atoms with Crippen LogP contribution >= 0.6 is 22.9 Å². The molecule has 2 heterocycles. The largest absolute Gasteiger partial charge is 0.298 e. The Morgan fingerprint density at radius 3 is 2.53 bits per heavy atom. The van der Waals surface area contributed by atoms with Crippen molar-refractivity contribution in [3.8, 4) is 0 Å². The fraction of sp³-hybridized carbons (Fsp3) is 0.174. The summed E-state index contributed by atoms with van der Waals surface area (Å²) in [4.78, 5) is 24.8. The fourth-order valence-electron chi connectivity index (χ4n) is 3.40. The molecular formula is C23H19ClN2O4S2. The lowest BCUT2D eigenvalue weighted by Gasteiger charge is -2.12. The molecule has 0 unspecified atom stereocenters. The highest BCUT2D eigenvalue weighted by molar-refractivity contribution is 7.94. The predicted molar refractivity (Wildman–Crippen MR) is 126 cm³/mol. The first-order valence-electron chi connectivity index (χ1n) is 9.77. The van der Waals surface area contributed by atoms with Gasteiger partial charge in [0.05, 0.1) is 22.2 Å². The lowest BCUT2D eigenvalue weighted by Crippen LogP contribution is -2.20. The molecule has 164 valence electrons. The summed E-state index contributed by atoms with van der Waals surface area (Å²) in [6, 6.07) is 17.5. The van der Waals surface area contributed by atoms with E-state index in [-0.39, 0.29) is 23.0 Å². The van der Waals surface area contributed by atoms with Crippen LogP contribution in [0.15, 0.2) is 70.0 Å². The van der Waals surface area contributed by atoms with Crippen LogP contribution in [-0.2, 0) is 25.8 Å². The van der Waals surface area contributed by atoms with Gasteiger partial charge in [0, 0.05) is 6.42 Å². The van der Waals surface area contributed by atoms with Crippen molar-refractivity contribution in [1.82, 2.24) is 0 Å². The van der Waals surface area contributed by atoms with Gasteiger partial charge >= 0.3 is 0 Å². The van der Waals surface area contributed by atoms with Gasteiger partial charge in [-0.25, -0.2) is 13.4 Å². The third kappa shape index (κ3) is 4.98. The van der Waals surface area contributed by atoms with E-state index in [4.69, 9.17) is 11.6 Å². The number of carbonyl (C=O) groups excluding carboxylic acids is 2. The highest BCUT2D eigenvalue weighted by Gasteiger charge is 2.26. The molecule has 0 radical (unpaired) electrons. The molecule has 32 heavy (non-hydrogen) atoms. The van der Waals surface area contributed by atoms with Gasteiger partial charge < -0.3 is 0 Å². The zero-order valence-corrected chi connectivity index (χ0v) is 19.5. The summed E-state index contributed by atoms with van der Waals surface area (Å²) in [5, 5.41) is 5.83. The van der Waals surface area contributed by atoms with Gasteiger partial charge in [0.15, 0.2) is 15.6 Å². The van der Waals surface area contributed by atoms with Gasteiger partial charge in [0.25, 0.3) is 5.91 Å². The van der Waals surface area contributed by atoms with E-state index in [2.05, 4.69) is 5.10 Å². The van der Waals surface area contributed by atoms with Crippen molar-refractivity contribution in [3.63, 3.8) is 0 Å². The number of rotatable bonds is 7. The number of hydrogen-bond acceptors (Lipinski definition) is 6. The Balaban J connectivity index is 1.44. The van der Waals surface area contributed by atoms with Crippen molar-refractivity contribution >= 4 is 55.9 Å². The van der Waals surface area contributed by atoms with Crippen LogP contribution in [0.5, 0.6) is 0 Å². The number of halogens is 1. The molecule has 1 aliphatic heterocycles. The number of thiophene rings is 1. The van der Waals surface area contributed by atoms with Crippen LogP contribution in [0, 0.1) is 6.92 Å². The molecule has 0 N–H and O–H groups in total. The van der Waals surface area contributed by atoms with Crippen LogP contribution in [0.2, 0.25) is 4.34 Å². The zero-order valence-electron chi connectivity index (χ0n) is 17.1. The van der Waals surface area contributed by atoms with Crippen LogP contribution < -0.4 is 5.01 Å². The molecule has 2 aromatic carbocycles. The highest BCUT2D eigenvalue weighted by Crippen LogP contribution is 2.27. The average Bonchev–Trinajstić information content (AvgIpc) is 3.34. The quantitative estimate of drug-likeness (QED) is 0.494. The molecule has 0 saturated carbocycles. The number of amides is 1. The molecule has 9 heteroatoms. The first kappa shape index (κ1) is 22.4. The maximum Gasteiger partial charge on any atom is 0.253 e. The second-order valence-corrected chi connectivity index (χ2v) is 11.4. The summed E-state index contributed by atoms with van der Waals surface area (Å²) < 4.78 is 25.1. The molecule has 1 aliphatic rings. The number of ketones is 1. The van der Waals surface area contributed by atoms with Crippen molar-refractivity contribution in [2.75, 3.05) is 10.8 Å². The van der Waals surface area contributed by atoms with E-state index in [1.54, 1.807) is 24.3 Å². The average molecular weight is 487 g/mol. The summed E-state index contributed by atoms with van der Waals surface area (Å²) in [6.07, 6.45) is 0.193. The number of anilines is 1. The lowest BCUT2D eigenvalue weighted by atomic mass is 10.1. The predicted octanol–water partition coefficient (Wildman–Crippen LogP) is 4.44. The Morgan fingerprint density at radius 2 is 1.88 bits per heavy atom. The number of carbonyl (C=O) groups is 2. The fourth-order valence-corrected chi connectivity index (χ4v) is 6.21. The van der Waals surface area contributed by atoms with E-state index < -0.39 is 21.4 Å². The second kappa shape index (κ2) is 8.97. The number of benzene rings is 2. The lowest BCUT2D eigenvalue weighted by molar-refractivity contribution is -0.117. The third-order valence-electron chi connectivity index (χ3n) is 4.92. The summed E-state index contributed by atoms with van der Waals surface area (Å²) in [5.74, 6) is -1.13. The number of aryl methyl sites for hydroxylation is 1. The van der Waals surface area contributed by atoms with Crippen molar-refractivity contribution < 1.29 is 18.0 Å². The summed E-state index contributed by atoms with van der Waals surface area (Å²) in [5.41, 5.74) is 3.96. The van der Waals surface area contributed by atoms with Gasteiger partial charge in [0.2, 0.25) is 0 Å². The Hall–Kier alpha value is -2.81. The van der Waals surface area contributed by atoms with Crippen molar-refractivity contribution in [3.05, 3.63) is 81.7 Å². The van der Waals surface area contributed by atoms with Crippen LogP contribution in [0.3, 0.4) is 0 Å². The topological polar surface area (TPSA) is 83.9 Å². The standard InChI is InChI=1S/C23H19ClN2O4S2/c1-15-3-2-4-17(11-15)20-13-22(28)26(25-20)18-7-5-16(6-8-18)12-19(27)14-32(29,30)23-10-9-21(24)31-23/h2-11H,12-14H2,1H3. The molecule has 4 rings (SSSR count). The molecular weight excluding hydrogens is 468 g/mol. The van der Waals surface area contributed by atoms with E-state index in [9.17, 15) is 18.0 Å². The van der Waals surface area contributed by atoms with Crippen LogP contribution in [0.25, 0.3) is 0 Å². The second-order valence-electron chi connectivity index (χ2n) is 7.50. The Kier molecular flexibility index (Phi) is 6.28. The number of Topliss-reactive ketones (excluding diaryl/α,β-unsaturated/α-hetero) is 1. The normalized spacial score (nSPS) is 14.0. The molecule has 0 fully saturated rings. The molecule has 3 aromatic rings. The molecule has 0 bridgehead atoms. The molecule has 1 amide bonds. The van der Waals surface area contributed by atoms with E-state index in [0.29, 0.717) is 21.3 Å². The molecule has 1 aromatic heterocycles. The van der Waals surface area contributed by atoms with Crippen molar-refractivity contribution in [2.24, 2.45) is 5.10 Å².